The number of ether oxygens (including phenoxy) is 1. The van der Waals surface area contributed by atoms with Crippen LogP contribution in [-0.4, -0.2) is 47.4 Å². The van der Waals surface area contributed by atoms with Crippen LogP contribution >= 0.6 is 0 Å². The number of aliphatic hydroxyl groups excluding tert-OH is 2. The number of carbonyl (C=O) groups excluding carboxylic acids is 2. The minimum Gasteiger partial charge on any atom is -0.466 e. The molecule has 6 heteroatoms. The van der Waals surface area contributed by atoms with Gasteiger partial charge in [-0.05, 0) is 57.8 Å². The van der Waals surface area contributed by atoms with Gasteiger partial charge in [0.05, 0.1) is 25.4 Å². The molecule has 2 atom stereocenters. The lowest BCUT2D eigenvalue weighted by atomic mass is 10.0. The van der Waals surface area contributed by atoms with Crippen molar-refractivity contribution in [3.05, 3.63) is 36.5 Å². The van der Waals surface area contributed by atoms with E-state index < -0.39 is 12.1 Å². The lowest BCUT2D eigenvalue weighted by Crippen LogP contribution is -2.45. The van der Waals surface area contributed by atoms with Crippen LogP contribution in [0.25, 0.3) is 0 Å². The van der Waals surface area contributed by atoms with Crippen molar-refractivity contribution in [2.45, 2.75) is 270 Å². The van der Waals surface area contributed by atoms with E-state index in [0.717, 1.165) is 70.6 Å². The van der Waals surface area contributed by atoms with Gasteiger partial charge in [-0.1, -0.05) is 224 Å². The highest BCUT2D eigenvalue weighted by Gasteiger charge is 2.18. The molecule has 58 heavy (non-hydrogen) atoms. The molecule has 2 unspecified atom stereocenters. The van der Waals surface area contributed by atoms with E-state index in [4.69, 9.17) is 4.74 Å². The molecule has 340 valence electrons. The van der Waals surface area contributed by atoms with Crippen molar-refractivity contribution in [3.63, 3.8) is 0 Å². The molecule has 0 aromatic rings. The second kappa shape index (κ2) is 47.8. The molecular formula is C52H97NO5. The average Bonchev–Trinajstić information content (AvgIpc) is 3.22. The minimum absolute atomic E-state index is 0.0429. The van der Waals surface area contributed by atoms with E-state index in [0.29, 0.717) is 19.4 Å². The Balaban J connectivity index is 3.55. The minimum atomic E-state index is -0.863. The van der Waals surface area contributed by atoms with Gasteiger partial charge in [-0.2, -0.15) is 0 Å². The van der Waals surface area contributed by atoms with Crippen molar-refractivity contribution < 1.29 is 24.5 Å². The second-order valence-corrected chi connectivity index (χ2v) is 17.1. The van der Waals surface area contributed by atoms with Gasteiger partial charge in [0.1, 0.15) is 0 Å². The van der Waals surface area contributed by atoms with Crippen molar-refractivity contribution in [3.8, 4) is 0 Å². The lowest BCUT2D eigenvalue weighted by Gasteiger charge is -2.20. The molecule has 0 aliphatic heterocycles. The van der Waals surface area contributed by atoms with E-state index in [1.807, 2.05) is 6.08 Å². The molecule has 0 aromatic carbocycles. The summed E-state index contributed by atoms with van der Waals surface area (Å²) in [5.41, 5.74) is 0. The van der Waals surface area contributed by atoms with Gasteiger partial charge in [-0.3, -0.25) is 9.59 Å². The summed E-state index contributed by atoms with van der Waals surface area (Å²) in [6, 6.07) is -0.649. The summed E-state index contributed by atoms with van der Waals surface area (Å²) in [5.74, 6) is -0.139. The first-order valence-electron chi connectivity index (χ1n) is 25.3. The number of allylic oxidation sites excluding steroid dienone is 5. The molecule has 0 spiro atoms. The zero-order chi connectivity index (χ0) is 42.3. The third-order valence-electron chi connectivity index (χ3n) is 11.4. The Hall–Kier alpha value is -1.92. The summed E-state index contributed by atoms with van der Waals surface area (Å²) in [4.78, 5) is 24.4. The number of aliphatic hydroxyl groups is 2. The van der Waals surface area contributed by atoms with Crippen LogP contribution in [0.3, 0.4) is 0 Å². The third-order valence-corrected chi connectivity index (χ3v) is 11.4. The van der Waals surface area contributed by atoms with Gasteiger partial charge in [-0.15, -0.1) is 0 Å². The summed E-state index contributed by atoms with van der Waals surface area (Å²) in [6.07, 6.45) is 57.1. The Labute approximate surface area is 360 Å². The van der Waals surface area contributed by atoms with Gasteiger partial charge >= 0.3 is 5.97 Å². The smallest absolute Gasteiger partial charge is 0.305 e. The largest absolute Gasteiger partial charge is 0.466 e. The predicted molar refractivity (Wildman–Crippen MR) is 250 cm³/mol. The SMILES string of the molecule is CCC/C=C\C/C=C\CCCCCCCC(=O)OCCCCCCCCCCCC(=O)NC(CO)C(O)/C=C/CCCCCCCCCCCCCCCCCCC. The van der Waals surface area contributed by atoms with E-state index in [-0.39, 0.29) is 18.5 Å². The number of hydrogen-bond donors (Lipinski definition) is 3. The summed E-state index contributed by atoms with van der Waals surface area (Å²) < 4.78 is 5.43. The van der Waals surface area contributed by atoms with Crippen molar-refractivity contribution in [1.29, 1.82) is 0 Å². The average molecular weight is 816 g/mol. The molecule has 0 aliphatic rings. The van der Waals surface area contributed by atoms with Crippen LogP contribution in [0.5, 0.6) is 0 Å². The molecule has 0 bridgehead atoms. The number of carbonyl (C=O) groups is 2. The van der Waals surface area contributed by atoms with Crippen molar-refractivity contribution in [2.75, 3.05) is 13.2 Å². The first kappa shape index (κ1) is 56.1. The van der Waals surface area contributed by atoms with E-state index in [9.17, 15) is 19.8 Å². The van der Waals surface area contributed by atoms with Crippen LogP contribution in [0.2, 0.25) is 0 Å². The van der Waals surface area contributed by atoms with Gasteiger partial charge < -0.3 is 20.3 Å². The van der Waals surface area contributed by atoms with Gasteiger partial charge in [-0.25, -0.2) is 0 Å². The van der Waals surface area contributed by atoms with E-state index in [1.165, 1.54) is 161 Å². The molecule has 0 rings (SSSR count). The third kappa shape index (κ3) is 43.7. The molecule has 0 saturated heterocycles. The Morgan fingerprint density at radius 1 is 0.483 bits per heavy atom. The predicted octanol–water partition coefficient (Wildman–Crippen LogP) is 14.9. The topological polar surface area (TPSA) is 95.9 Å². The van der Waals surface area contributed by atoms with Crippen LogP contribution in [0.1, 0.15) is 258 Å². The van der Waals surface area contributed by atoms with Crippen molar-refractivity contribution in [1.82, 2.24) is 5.32 Å². The molecule has 0 heterocycles. The molecule has 1 amide bonds. The number of nitrogens with one attached hydrogen (secondary N) is 1. The fraction of sp³-hybridized carbons (Fsp3) is 0.846. The van der Waals surface area contributed by atoms with Gasteiger partial charge in [0, 0.05) is 12.8 Å². The number of unbranched alkanes of at least 4 members (excludes halogenated alkanes) is 31. The van der Waals surface area contributed by atoms with Crippen molar-refractivity contribution >= 4 is 11.9 Å². The number of amides is 1. The molecule has 0 saturated carbocycles. The molecule has 0 aliphatic carbocycles. The maximum absolute atomic E-state index is 12.4. The highest BCUT2D eigenvalue weighted by atomic mass is 16.5. The fourth-order valence-corrected chi connectivity index (χ4v) is 7.49. The standard InChI is InChI=1S/C52H97NO5/c1-3-5-7-9-11-13-15-17-18-19-20-21-22-24-25-28-32-36-40-44-50(55)49(48-54)53-51(56)45-41-37-33-29-27-31-35-39-43-47-58-52(57)46-42-38-34-30-26-23-16-14-12-10-8-6-4-2/h8,10,14,16,40,44,49-50,54-55H,3-7,9,11-13,15,17-39,41-43,45-48H2,1-2H3,(H,53,56)/b10-8-,16-14-,44-40+. The number of esters is 1. The summed E-state index contributed by atoms with van der Waals surface area (Å²) >= 11 is 0. The van der Waals surface area contributed by atoms with E-state index in [2.05, 4.69) is 43.5 Å². The van der Waals surface area contributed by atoms with Crippen LogP contribution in [0.4, 0.5) is 0 Å². The Morgan fingerprint density at radius 2 is 0.897 bits per heavy atom. The van der Waals surface area contributed by atoms with Gasteiger partial charge in [0.2, 0.25) is 5.91 Å². The highest BCUT2D eigenvalue weighted by molar-refractivity contribution is 5.76. The van der Waals surface area contributed by atoms with Crippen LogP contribution < -0.4 is 5.32 Å². The number of rotatable bonds is 46. The zero-order valence-corrected chi connectivity index (χ0v) is 38.5. The summed E-state index contributed by atoms with van der Waals surface area (Å²) in [6.45, 7) is 4.77. The summed E-state index contributed by atoms with van der Waals surface area (Å²) in [7, 11) is 0. The van der Waals surface area contributed by atoms with E-state index >= 15 is 0 Å². The monoisotopic (exact) mass is 816 g/mol. The second-order valence-electron chi connectivity index (χ2n) is 17.1. The van der Waals surface area contributed by atoms with E-state index in [1.54, 1.807) is 6.08 Å². The Morgan fingerprint density at radius 3 is 1.38 bits per heavy atom. The first-order chi connectivity index (χ1) is 28.5. The highest BCUT2D eigenvalue weighted by Crippen LogP contribution is 2.16. The maximum Gasteiger partial charge on any atom is 0.305 e. The van der Waals surface area contributed by atoms with Gasteiger partial charge in [0.25, 0.3) is 0 Å². The van der Waals surface area contributed by atoms with Crippen molar-refractivity contribution in [2.24, 2.45) is 0 Å². The molecule has 6 nitrogen and oxygen atoms in total. The molecule has 3 N–H and O–H groups in total. The number of hydrogen-bond acceptors (Lipinski definition) is 5. The zero-order valence-electron chi connectivity index (χ0n) is 38.5. The quantitative estimate of drug-likeness (QED) is 0.0323. The normalized spacial score (nSPS) is 13.0. The fourth-order valence-electron chi connectivity index (χ4n) is 7.49. The first-order valence-corrected chi connectivity index (χ1v) is 25.3. The maximum atomic E-state index is 12.4. The Kier molecular flexibility index (Phi) is 46.2. The van der Waals surface area contributed by atoms with Crippen LogP contribution in [0, 0.1) is 0 Å². The molecular weight excluding hydrogens is 719 g/mol. The van der Waals surface area contributed by atoms with Crippen LogP contribution in [-0.2, 0) is 14.3 Å². The molecule has 0 aromatic heterocycles. The van der Waals surface area contributed by atoms with Crippen LogP contribution in [0.15, 0.2) is 36.5 Å². The Bertz CT molecular complexity index is 946. The van der Waals surface area contributed by atoms with Gasteiger partial charge in [0.15, 0.2) is 0 Å². The molecule has 0 radical (unpaired) electrons. The molecule has 0 fully saturated rings. The lowest BCUT2D eigenvalue weighted by molar-refractivity contribution is -0.143. The summed E-state index contributed by atoms with van der Waals surface area (Å²) in [5, 5.41) is 23.1.